The summed E-state index contributed by atoms with van der Waals surface area (Å²) in [4.78, 5) is 40.4. The summed E-state index contributed by atoms with van der Waals surface area (Å²) < 4.78 is 0. The molecule has 0 radical (unpaired) electrons. The van der Waals surface area contributed by atoms with Gasteiger partial charge in [0.2, 0.25) is 0 Å². The fourth-order valence-corrected chi connectivity index (χ4v) is 13.6. The Morgan fingerprint density at radius 1 is 0.333 bits per heavy atom. The number of rotatable bonds is 40. The van der Waals surface area contributed by atoms with Crippen LogP contribution < -0.4 is 0 Å². The number of hydrogen-bond donors (Lipinski definition) is 0. The van der Waals surface area contributed by atoms with Crippen molar-refractivity contribution in [1.29, 1.82) is 0 Å². The largest absolute Gasteiger partial charge is 0.306 e. The first kappa shape index (κ1) is 57.5. The van der Waals surface area contributed by atoms with Crippen LogP contribution in [-0.2, 0) is 9.59 Å². The third kappa shape index (κ3) is 17.7. The van der Waals surface area contributed by atoms with Crippen LogP contribution in [0.2, 0.25) is 0 Å². The highest BCUT2D eigenvalue weighted by atomic mass is 32.1. The van der Waals surface area contributed by atoms with Crippen LogP contribution in [0, 0.1) is 11.8 Å². The third-order valence-corrected chi connectivity index (χ3v) is 18.0. The Morgan fingerprint density at radius 2 is 0.597 bits per heavy atom. The maximum atomic E-state index is 15.9. The van der Waals surface area contributed by atoms with Crippen molar-refractivity contribution < 1.29 is 9.59 Å². The molecule has 2 aromatic heterocycles. The van der Waals surface area contributed by atoms with Crippen LogP contribution in [0.3, 0.4) is 0 Å². The molecular formula is C66H96N2O2S2. The molecule has 0 bridgehead atoms. The molecule has 4 heterocycles. The van der Waals surface area contributed by atoms with Gasteiger partial charge in [-0.3, -0.25) is 9.59 Å². The van der Waals surface area contributed by atoms with Gasteiger partial charge in [0.25, 0.3) is 11.8 Å². The summed E-state index contributed by atoms with van der Waals surface area (Å²) in [5, 5.41) is 0. The number of hydrogen-bond acceptors (Lipinski definition) is 4. The molecule has 2 aliphatic heterocycles. The van der Waals surface area contributed by atoms with Crippen LogP contribution in [0.1, 0.15) is 243 Å². The van der Waals surface area contributed by atoms with Gasteiger partial charge in [0, 0.05) is 22.8 Å². The molecular weight excluding hydrogens is 917 g/mol. The number of thiophene rings is 2. The summed E-state index contributed by atoms with van der Waals surface area (Å²) in [7, 11) is 0. The molecule has 0 fully saturated rings. The minimum atomic E-state index is 0.0367. The topological polar surface area (TPSA) is 40.6 Å². The first-order valence-corrected chi connectivity index (χ1v) is 31.6. The van der Waals surface area contributed by atoms with Gasteiger partial charge in [-0.2, -0.15) is 0 Å². The monoisotopic (exact) mass is 1010 g/mol. The van der Waals surface area contributed by atoms with Crippen LogP contribution in [0.15, 0.2) is 96.1 Å². The van der Waals surface area contributed by atoms with Crippen molar-refractivity contribution in [2.75, 3.05) is 13.1 Å². The predicted molar refractivity (Wildman–Crippen MR) is 314 cm³/mol. The van der Waals surface area contributed by atoms with Crippen LogP contribution in [0.25, 0.3) is 32.3 Å². The van der Waals surface area contributed by atoms with Crippen LogP contribution >= 0.6 is 22.7 Å². The summed E-state index contributed by atoms with van der Waals surface area (Å²) in [5.41, 5.74) is 5.39. The molecule has 6 rings (SSSR count). The predicted octanol–water partition coefficient (Wildman–Crippen LogP) is 20.7. The lowest BCUT2D eigenvalue weighted by molar-refractivity contribution is -0.124. The number of benzene rings is 2. The molecule has 2 amide bonds. The van der Waals surface area contributed by atoms with E-state index in [1.807, 2.05) is 0 Å². The number of fused-ring (bicyclic) bond motifs is 1. The van der Waals surface area contributed by atoms with Gasteiger partial charge < -0.3 is 9.80 Å². The van der Waals surface area contributed by atoms with Crippen molar-refractivity contribution in [3.05, 3.63) is 106 Å². The van der Waals surface area contributed by atoms with Gasteiger partial charge in [-0.25, -0.2) is 0 Å². The molecule has 2 aliphatic rings. The van der Waals surface area contributed by atoms with E-state index in [2.05, 4.69) is 122 Å². The summed E-state index contributed by atoms with van der Waals surface area (Å²) in [5.74, 6) is 0.848. The highest BCUT2D eigenvalue weighted by molar-refractivity contribution is 7.17. The Kier molecular flexibility index (Phi) is 26.6. The van der Waals surface area contributed by atoms with Gasteiger partial charge in [0.05, 0.1) is 32.3 Å². The van der Waals surface area contributed by atoms with E-state index in [4.69, 9.17) is 0 Å². The molecule has 72 heavy (non-hydrogen) atoms. The van der Waals surface area contributed by atoms with Gasteiger partial charge in [-0.15, -0.1) is 22.7 Å². The first-order valence-electron chi connectivity index (χ1n) is 29.9. The molecule has 0 spiro atoms. The maximum absolute atomic E-state index is 15.9. The molecule has 4 nitrogen and oxygen atoms in total. The Bertz CT molecular complexity index is 2040. The highest BCUT2D eigenvalue weighted by Gasteiger charge is 2.50. The van der Waals surface area contributed by atoms with E-state index < -0.39 is 0 Å². The quantitative estimate of drug-likeness (QED) is 0.0417. The van der Waals surface area contributed by atoms with Crippen LogP contribution in [0.4, 0.5) is 0 Å². The fraction of sp³-hybridized carbons (Fsp3) is 0.606. The average Bonchev–Trinajstić information content (AvgIpc) is 4.21. The number of unbranched alkanes of at least 4 members (excludes halogenated alkanes) is 24. The molecule has 0 saturated heterocycles. The minimum Gasteiger partial charge on any atom is -0.306 e. The first-order chi connectivity index (χ1) is 35.5. The molecule has 4 aromatic rings. The smallest absolute Gasteiger partial charge is 0.261 e. The summed E-state index contributed by atoms with van der Waals surface area (Å²) >= 11 is 3.48. The number of nitrogens with zero attached hydrogens (tertiary/aromatic N) is 2. The van der Waals surface area contributed by atoms with Gasteiger partial charge in [0.15, 0.2) is 0 Å². The number of carbonyl (C=O) groups excluding carboxylic acids is 2. The zero-order valence-electron chi connectivity index (χ0n) is 45.8. The van der Waals surface area contributed by atoms with Crippen molar-refractivity contribution in [2.45, 2.75) is 233 Å². The summed E-state index contributed by atoms with van der Waals surface area (Å²) in [6, 6.07) is 30.1. The normalized spacial score (nSPS) is 14.7. The molecule has 2 atom stereocenters. The van der Waals surface area contributed by atoms with E-state index in [0.29, 0.717) is 36.1 Å². The zero-order chi connectivity index (χ0) is 50.6. The zero-order valence-corrected chi connectivity index (χ0v) is 47.4. The lowest BCUT2D eigenvalue weighted by Crippen LogP contribution is -2.34. The summed E-state index contributed by atoms with van der Waals surface area (Å²) in [6.07, 6.45) is 40.6. The van der Waals surface area contributed by atoms with E-state index in [1.165, 1.54) is 201 Å². The van der Waals surface area contributed by atoms with Gasteiger partial charge >= 0.3 is 0 Å². The SMILES string of the molecule is CCCCCCCCCCC(CCCCCCCC)CN1C(=O)C2=C(c3ccc(-c4ccccc4)s3)N(CC(CCCCCCCC)CCCCCCCCCC)C(=O)C2=C1c1ccc(-c2ccccc2)s1. The minimum absolute atomic E-state index is 0.0367. The van der Waals surface area contributed by atoms with Crippen molar-refractivity contribution in [2.24, 2.45) is 11.8 Å². The third-order valence-electron chi connectivity index (χ3n) is 15.7. The van der Waals surface area contributed by atoms with E-state index in [-0.39, 0.29) is 11.8 Å². The van der Waals surface area contributed by atoms with E-state index >= 15 is 9.59 Å². The molecule has 2 aromatic carbocycles. The van der Waals surface area contributed by atoms with Gasteiger partial charge in [-0.1, -0.05) is 268 Å². The van der Waals surface area contributed by atoms with Crippen molar-refractivity contribution in [3.63, 3.8) is 0 Å². The maximum Gasteiger partial charge on any atom is 0.261 e. The standard InChI is InChI=1S/C66H96N2O2S2/c1-5-9-13-17-21-23-27-33-41-53(39-31-25-19-15-11-7-3)51-67-63(59-49-47-57(71-59)55-43-35-29-36-44-55)61-62(65(67)69)64(60-50-48-58(72-60)56-45-37-30-38-46-56)68(66(61)70)52-54(40-32-26-20-16-12-8-4)42-34-28-24-22-18-14-10-6-2/h29-30,35-38,43-50,53-54H,5-28,31-34,39-42,51-52H2,1-4H3. The Labute approximate surface area is 447 Å². The van der Waals surface area contributed by atoms with Crippen molar-refractivity contribution in [1.82, 2.24) is 9.80 Å². The number of carbonyl (C=O) groups is 2. The summed E-state index contributed by atoms with van der Waals surface area (Å²) in [6.45, 7) is 10.5. The average molecular weight is 1010 g/mol. The number of amides is 2. The second-order valence-corrected chi connectivity index (χ2v) is 23.9. The van der Waals surface area contributed by atoms with E-state index in [0.717, 1.165) is 46.8 Å². The Hall–Kier alpha value is -3.74. The lowest BCUT2D eigenvalue weighted by Gasteiger charge is -2.29. The highest BCUT2D eigenvalue weighted by Crippen LogP contribution is 2.51. The molecule has 2 unspecified atom stereocenters. The van der Waals surface area contributed by atoms with E-state index in [1.54, 1.807) is 22.7 Å². The molecule has 394 valence electrons. The Morgan fingerprint density at radius 3 is 0.889 bits per heavy atom. The van der Waals surface area contributed by atoms with Crippen LogP contribution in [0.5, 0.6) is 0 Å². The van der Waals surface area contributed by atoms with E-state index in [9.17, 15) is 0 Å². The molecule has 0 saturated carbocycles. The lowest BCUT2D eigenvalue weighted by atomic mass is 9.93. The molecule has 6 heteroatoms. The van der Waals surface area contributed by atoms with Crippen molar-refractivity contribution in [3.8, 4) is 20.9 Å². The van der Waals surface area contributed by atoms with Crippen molar-refractivity contribution >= 4 is 45.9 Å². The second-order valence-electron chi connectivity index (χ2n) is 21.7. The van der Waals surface area contributed by atoms with Gasteiger partial charge in [-0.05, 0) is 72.9 Å². The Balaban J connectivity index is 1.37. The molecule has 0 aliphatic carbocycles. The van der Waals surface area contributed by atoms with Gasteiger partial charge in [0.1, 0.15) is 0 Å². The second kappa shape index (κ2) is 33.2. The van der Waals surface area contributed by atoms with Crippen LogP contribution in [-0.4, -0.2) is 34.7 Å². The fourth-order valence-electron chi connectivity index (χ4n) is 11.4. The molecule has 0 N–H and O–H groups in total.